The van der Waals surface area contributed by atoms with Gasteiger partial charge in [0.1, 0.15) is 11.6 Å². The molecule has 0 aliphatic carbocycles. The maximum Gasteiger partial charge on any atom is 0.265 e. The summed E-state index contributed by atoms with van der Waals surface area (Å²) in [4.78, 5) is 25.6. The van der Waals surface area contributed by atoms with Crippen LogP contribution in [-0.2, 0) is 9.59 Å². The van der Waals surface area contributed by atoms with E-state index < -0.39 is 5.82 Å². The molecule has 0 radical (unpaired) electrons. The lowest BCUT2D eigenvalue weighted by Gasteiger charge is -2.29. The Kier molecular flexibility index (Phi) is 4.80. The Labute approximate surface area is 146 Å². The molecule has 1 aliphatic rings. The van der Waals surface area contributed by atoms with Crippen LogP contribution in [-0.4, -0.2) is 25.0 Å². The molecule has 2 amide bonds. The number of carbonyl (C=O) groups excluding carboxylic acids is 2. The van der Waals surface area contributed by atoms with Crippen molar-refractivity contribution < 1.29 is 18.7 Å². The van der Waals surface area contributed by atoms with Crippen LogP contribution in [0, 0.1) is 5.82 Å². The first-order valence-electron chi connectivity index (χ1n) is 7.31. The third-order valence-corrected chi connectivity index (χ3v) is 4.07. The summed E-state index contributed by atoms with van der Waals surface area (Å²) in [5.41, 5.74) is 0.744. The Morgan fingerprint density at radius 2 is 2.08 bits per heavy atom. The highest BCUT2D eigenvalue weighted by molar-refractivity contribution is 9.10. The third-order valence-electron chi connectivity index (χ3n) is 3.58. The lowest BCUT2D eigenvalue weighted by atomic mass is 10.2. The van der Waals surface area contributed by atoms with Crippen molar-refractivity contribution in [1.82, 2.24) is 0 Å². The average Bonchev–Trinajstić information content (AvgIpc) is 2.56. The van der Waals surface area contributed by atoms with Crippen LogP contribution in [0.25, 0.3) is 0 Å². The van der Waals surface area contributed by atoms with Gasteiger partial charge in [0.15, 0.2) is 6.61 Å². The Morgan fingerprint density at radius 3 is 2.88 bits per heavy atom. The zero-order valence-electron chi connectivity index (χ0n) is 12.6. The van der Waals surface area contributed by atoms with Gasteiger partial charge in [-0.1, -0.05) is 28.1 Å². The number of rotatable bonds is 4. The second kappa shape index (κ2) is 7.00. The van der Waals surface area contributed by atoms with E-state index in [1.54, 1.807) is 24.3 Å². The van der Waals surface area contributed by atoms with E-state index in [4.69, 9.17) is 4.74 Å². The summed E-state index contributed by atoms with van der Waals surface area (Å²) in [6.45, 7) is 0.142. The molecular formula is C17H14BrFN2O3. The molecule has 0 saturated heterocycles. The van der Waals surface area contributed by atoms with Gasteiger partial charge in [-0.15, -0.1) is 0 Å². The summed E-state index contributed by atoms with van der Waals surface area (Å²) in [5, 5.41) is 2.51. The monoisotopic (exact) mass is 392 g/mol. The molecule has 124 valence electrons. The molecule has 1 heterocycles. The number of para-hydroxylation sites is 2. The molecule has 2 aromatic carbocycles. The second-order valence-electron chi connectivity index (χ2n) is 5.22. The fourth-order valence-electron chi connectivity index (χ4n) is 2.42. The Hall–Kier alpha value is -2.41. The van der Waals surface area contributed by atoms with Gasteiger partial charge < -0.3 is 15.0 Å². The second-order valence-corrected chi connectivity index (χ2v) is 6.14. The van der Waals surface area contributed by atoms with E-state index in [0.717, 1.165) is 0 Å². The highest BCUT2D eigenvalue weighted by Gasteiger charge is 2.25. The quantitative estimate of drug-likeness (QED) is 0.867. The van der Waals surface area contributed by atoms with Crippen LogP contribution in [0.2, 0.25) is 0 Å². The zero-order chi connectivity index (χ0) is 17.1. The van der Waals surface area contributed by atoms with Gasteiger partial charge in [0.25, 0.3) is 5.91 Å². The predicted octanol–water partition coefficient (Wildman–Crippen LogP) is 3.34. The first-order chi connectivity index (χ1) is 11.5. The molecule has 7 heteroatoms. The number of nitrogens with one attached hydrogen (secondary N) is 1. The van der Waals surface area contributed by atoms with Gasteiger partial charge in [0.2, 0.25) is 5.91 Å². The number of anilines is 2. The van der Waals surface area contributed by atoms with Crippen molar-refractivity contribution in [2.75, 3.05) is 23.4 Å². The number of amides is 2. The van der Waals surface area contributed by atoms with Crippen LogP contribution < -0.4 is 15.0 Å². The highest BCUT2D eigenvalue weighted by Crippen LogP contribution is 2.31. The number of ether oxygens (including phenoxy) is 1. The molecule has 24 heavy (non-hydrogen) atoms. The van der Waals surface area contributed by atoms with Crippen LogP contribution in [0.1, 0.15) is 6.42 Å². The predicted molar refractivity (Wildman–Crippen MR) is 91.6 cm³/mol. The van der Waals surface area contributed by atoms with Gasteiger partial charge in [0.05, 0.1) is 11.4 Å². The smallest absolute Gasteiger partial charge is 0.265 e. The van der Waals surface area contributed by atoms with Crippen molar-refractivity contribution in [2.45, 2.75) is 6.42 Å². The maximum atomic E-state index is 13.7. The lowest BCUT2D eigenvalue weighted by Crippen LogP contribution is -2.40. The molecule has 1 N–H and O–H groups in total. The van der Waals surface area contributed by atoms with Crippen molar-refractivity contribution >= 4 is 39.1 Å². The summed E-state index contributed by atoms with van der Waals surface area (Å²) in [6, 6.07) is 11.5. The standard InChI is InChI=1S/C17H14BrFN2O3/c18-11-5-6-13(12(19)9-11)20-16(22)7-8-21-14-3-1-2-4-15(14)24-10-17(21)23/h1-6,9H,7-8,10H2,(H,20,22). The van der Waals surface area contributed by atoms with Crippen LogP contribution in [0.3, 0.4) is 0 Å². The van der Waals surface area contributed by atoms with Crippen LogP contribution in [0.5, 0.6) is 5.75 Å². The number of fused-ring (bicyclic) bond motifs is 1. The number of carbonyl (C=O) groups is 2. The Bertz CT molecular complexity index is 797. The first-order valence-corrected chi connectivity index (χ1v) is 8.11. The van der Waals surface area contributed by atoms with Gasteiger partial charge in [-0.25, -0.2) is 4.39 Å². The molecule has 5 nitrogen and oxygen atoms in total. The van der Waals surface area contributed by atoms with Crippen molar-refractivity contribution in [1.29, 1.82) is 0 Å². The summed E-state index contributed by atoms with van der Waals surface area (Å²) < 4.78 is 19.7. The fraction of sp³-hybridized carbons (Fsp3) is 0.176. The van der Waals surface area contributed by atoms with Crippen molar-refractivity contribution in [2.24, 2.45) is 0 Å². The minimum Gasteiger partial charge on any atom is -0.482 e. The number of benzene rings is 2. The largest absolute Gasteiger partial charge is 0.482 e. The molecule has 0 saturated carbocycles. The molecule has 0 unspecified atom stereocenters. The van der Waals surface area contributed by atoms with Crippen molar-refractivity contribution in [3.05, 3.63) is 52.8 Å². The van der Waals surface area contributed by atoms with E-state index in [-0.39, 0.29) is 37.1 Å². The van der Waals surface area contributed by atoms with E-state index in [9.17, 15) is 14.0 Å². The number of hydrogen-bond acceptors (Lipinski definition) is 3. The molecule has 2 aromatic rings. The SMILES string of the molecule is O=C(CCN1C(=O)COc2ccccc21)Nc1ccc(Br)cc1F. The lowest BCUT2D eigenvalue weighted by molar-refractivity contribution is -0.121. The highest BCUT2D eigenvalue weighted by atomic mass is 79.9. The minimum atomic E-state index is -0.523. The Balaban J connectivity index is 1.65. The van der Waals surface area contributed by atoms with E-state index in [1.807, 2.05) is 6.07 Å². The van der Waals surface area contributed by atoms with E-state index in [1.165, 1.54) is 17.0 Å². The van der Waals surface area contributed by atoms with Gasteiger partial charge in [-0.3, -0.25) is 9.59 Å². The normalized spacial score (nSPS) is 13.2. The van der Waals surface area contributed by atoms with Crippen molar-refractivity contribution in [3.63, 3.8) is 0 Å². The summed E-state index contributed by atoms with van der Waals surface area (Å²) in [6.07, 6.45) is 0.0512. The molecule has 0 spiro atoms. The van der Waals surface area contributed by atoms with E-state index in [2.05, 4.69) is 21.2 Å². The molecule has 0 fully saturated rings. The topological polar surface area (TPSA) is 58.6 Å². The van der Waals surface area contributed by atoms with E-state index in [0.29, 0.717) is 15.9 Å². The number of hydrogen-bond donors (Lipinski definition) is 1. The number of halogens is 2. The van der Waals surface area contributed by atoms with Crippen molar-refractivity contribution in [3.8, 4) is 5.75 Å². The zero-order valence-corrected chi connectivity index (χ0v) is 14.2. The van der Waals surface area contributed by atoms with Gasteiger partial charge in [-0.05, 0) is 30.3 Å². The maximum absolute atomic E-state index is 13.7. The van der Waals surface area contributed by atoms with Crippen LogP contribution >= 0.6 is 15.9 Å². The summed E-state index contributed by atoms with van der Waals surface area (Å²) >= 11 is 3.16. The minimum absolute atomic E-state index is 0.0512. The van der Waals surface area contributed by atoms with Gasteiger partial charge >= 0.3 is 0 Å². The summed E-state index contributed by atoms with van der Waals surface area (Å²) in [7, 11) is 0. The molecule has 0 aromatic heterocycles. The number of nitrogens with zero attached hydrogens (tertiary/aromatic N) is 1. The van der Waals surface area contributed by atoms with Crippen LogP contribution in [0.4, 0.5) is 15.8 Å². The summed E-state index contributed by atoms with van der Waals surface area (Å²) in [5.74, 6) is -0.494. The van der Waals surface area contributed by atoms with Crippen LogP contribution in [0.15, 0.2) is 46.9 Å². The first kappa shape index (κ1) is 16.4. The average molecular weight is 393 g/mol. The molecule has 0 bridgehead atoms. The molecular weight excluding hydrogens is 379 g/mol. The van der Waals surface area contributed by atoms with Gasteiger partial charge in [-0.2, -0.15) is 0 Å². The molecule has 0 atom stereocenters. The third kappa shape index (κ3) is 3.56. The molecule has 1 aliphatic heterocycles. The Morgan fingerprint density at radius 1 is 1.29 bits per heavy atom. The molecule has 3 rings (SSSR count). The fourth-order valence-corrected chi connectivity index (χ4v) is 2.75. The van der Waals surface area contributed by atoms with E-state index >= 15 is 0 Å². The van der Waals surface area contributed by atoms with Gasteiger partial charge in [0, 0.05) is 17.4 Å².